The number of carbonyl (C=O) groups excluding carboxylic acids is 1. The zero-order valence-corrected chi connectivity index (χ0v) is 18.1. The normalized spacial score (nSPS) is 16.8. The van der Waals surface area contributed by atoms with E-state index in [1.165, 1.54) is 12.1 Å². The van der Waals surface area contributed by atoms with Gasteiger partial charge >= 0.3 is 0 Å². The van der Waals surface area contributed by atoms with Gasteiger partial charge in [-0.25, -0.2) is 8.42 Å². The highest BCUT2D eigenvalue weighted by Gasteiger charge is 2.27. The summed E-state index contributed by atoms with van der Waals surface area (Å²) in [5.74, 6) is -0.188. The van der Waals surface area contributed by atoms with Crippen molar-refractivity contribution < 1.29 is 13.2 Å². The van der Waals surface area contributed by atoms with E-state index in [0.717, 1.165) is 16.8 Å². The molecule has 8 heteroatoms. The molecule has 0 spiro atoms. The first kappa shape index (κ1) is 21.1. The van der Waals surface area contributed by atoms with Crippen LogP contribution < -0.4 is 0 Å². The Morgan fingerprint density at radius 1 is 1.00 bits per heavy atom. The Morgan fingerprint density at radius 2 is 1.64 bits per heavy atom. The predicted octanol–water partition coefficient (Wildman–Crippen LogP) is 3.92. The summed E-state index contributed by atoms with van der Waals surface area (Å²) in [5.41, 5.74) is 1.40. The summed E-state index contributed by atoms with van der Waals surface area (Å²) in [6.07, 6.45) is 1.08. The number of hydrogen-bond acceptors (Lipinski definition) is 4. The van der Waals surface area contributed by atoms with Crippen LogP contribution in [-0.4, -0.2) is 56.6 Å². The van der Waals surface area contributed by atoms with E-state index < -0.39 is 9.84 Å². The van der Waals surface area contributed by atoms with Crippen LogP contribution in [-0.2, 0) is 9.84 Å². The molecule has 1 atom stereocenters. The monoisotopic (exact) mass is 440 g/mol. The first-order valence-corrected chi connectivity index (χ1v) is 11.6. The van der Waals surface area contributed by atoms with Gasteiger partial charge in [0.25, 0.3) is 5.91 Å². The number of benzene rings is 2. The van der Waals surface area contributed by atoms with Gasteiger partial charge in [0.15, 0.2) is 9.84 Å². The molecule has 0 radical (unpaired) electrons. The summed E-state index contributed by atoms with van der Waals surface area (Å²) in [5, 5.41) is 0.861. The third kappa shape index (κ3) is 4.51. The molecule has 1 aliphatic rings. The van der Waals surface area contributed by atoms with E-state index in [0.29, 0.717) is 31.7 Å². The molecule has 1 heterocycles. The Kier molecular flexibility index (Phi) is 6.34. The van der Waals surface area contributed by atoms with Gasteiger partial charge in [0.2, 0.25) is 0 Å². The molecule has 0 aromatic heterocycles. The molecule has 0 aliphatic carbocycles. The lowest BCUT2D eigenvalue weighted by Gasteiger charge is -2.38. The zero-order valence-electron chi connectivity index (χ0n) is 15.7. The molecule has 0 N–H and O–H groups in total. The molecule has 1 fully saturated rings. The number of rotatable bonds is 4. The van der Waals surface area contributed by atoms with Crippen LogP contribution in [0.2, 0.25) is 10.0 Å². The molecule has 150 valence electrons. The van der Waals surface area contributed by atoms with Crippen LogP contribution in [0.5, 0.6) is 0 Å². The molecule has 3 rings (SSSR count). The summed E-state index contributed by atoms with van der Waals surface area (Å²) in [4.78, 5) is 16.8. The number of carbonyl (C=O) groups is 1. The van der Waals surface area contributed by atoms with E-state index in [-0.39, 0.29) is 21.9 Å². The van der Waals surface area contributed by atoms with Crippen molar-refractivity contribution in [3.8, 4) is 0 Å². The second-order valence-electron chi connectivity index (χ2n) is 6.94. The highest BCUT2D eigenvalue weighted by atomic mass is 35.5. The summed E-state index contributed by atoms with van der Waals surface area (Å²) in [7, 11) is -3.50. The van der Waals surface area contributed by atoms with Gasteiger partial charge in [-0.3, -0.25) is 9.69 Å². The van der Waals surface area contributed by atoms with E-state index >= 15 is 0 Å². The molecule has 1 aliphatic heterocycles. The van der Waals surface area contributed by atoms with Gasteiger partial charge < -0.3 is 4.90 Å². The Morgan fingerprint density at radius 3 is 2.25 bits per heavy atom. The van der Waals surface area contributed by atoms with Crippen molar-refractivity contribution in [2.45, 2.75) is 17.9 Å². The lowest BCUT2D eigenvalue weighted by molar-refractivity contribution is 0.0582. The van der Waals surface area contributed by atoms with Gasteiger partial charge in [0.1, 0.15) is 0 Å². The molecule has 1 amide bonds. The maximum absolute atomic E-state index is 12.8. The number of hydrogen-bond donors (Lipinski definition) is 0. The molecule has 0 saturated carbocycles. The minimum atomic E-state index is -3.50. The lowest BCUT2D eigenvalue weighted by atomic mass is 10.1. The summed E-state index contributed by atoms with van der Waals surface area (Å²) >= 11 is 12.3. The number of amides is 1. The Bertz CT molecular complexity index is 987. The van der Waals surface area contributed by atoms with Crippen molar-refractivity contribution in [2.24, 2.45) is 0 Å². The van der Waals surface area contributed by atoms with E-state index in [2.05, 4.69) is 11.8 Å². The zero-order chi connectivity index (χ0) is 20.5. The topological polar surface area (TPSA) is 57.7 Å². The second kappa shape index (κ2) is 8.41. The minimum absolute atomic E-state index is 0.0222. The smallest absolute Gasteiger partial charge is 0.253 e. The standard InChI is InChI=1S/C20H22Cl2N2O3S/c1-14(16-5-3-4-6-17(16)21)23-9-11-24(12-10-23)20(25)15-7-8-18(22)19(13-15)28(2,26)27/h3-8,13-14H,9-12H2,1-2H3. The van der Waals surface area contributed by atoms with E-state index in [1.807, 2.05) is 24.3 Å². The minimum Gasteiger partial charge on any atom is -0.336 e. The van der Waals surface area contributed by atoms with E-state index in [1.54, 1.807) is 11.0 Å². The molecule has 1 saturated heterocycles. The van der Waals surface area contributed by atoms with Crippen LogP contribution in [0.25, 0.3) is 0 Å². The average Bonchev–Trinajstić information content (AvgIpc) is 2.67. The molecule has 2 aromatic rings. The van der Waals surface area contributed by atoms with Crippen molar-refractivity contribution in [2.75, 3.05) is 32.4 Å². The predicted molar refractivity (Wildman–Crippen MR) is 112 cm³/mol. The SMILES string of the molecule is CC(c1ccccc1Cl)N1CCN(C(=O)c2ccc(Cl)c(S(C)(=O)=O)c2)CC1. The van der Waals surface area contributed by atoms with Crippen molar-refractivity contribution in [3.05, 3.63) is 63.6 Å². The van der Waals surface area contributed by atoms with E-state index in [4.69, 9.17) is 23.2 Å². The third-order valence-electron chi connectivity index (χ3n) is 5.08. The highest BCUT2D eigenvalue weighted by Crippen LogP contribution is 2.28. The van der Waals surface area contributed by atoms with Crippen molar-refractivity contribution in [1.82, 2.24) is 9.80 Å². The summed E-state index contributed by atoms with van der Waals surface area (Å²) < 4.78 is 23.7. The van der Waals surface area contributed by atoms with Gasteiger partial charge in [-0.15, -0.1) is 0 Å². The van der Waals surface area contributed by atoms with Crippen LogP contribution in [0.1, 0.15) is 28.9 Å². The van der Waals surface area contributed by atoms with Crippen LogP contribution in [0.4, 0.5) is 0 Å². The highest BCUT2D eigenvalue weighted by molar-refractivity contribution is 7.90. The average molecular weight is 441 g/mol. The first-order chi connectivity index (χ1) is 13.2. The van der Waals surface area contributed by atoms with E-state index in [9.17, 15) is 13.2 Å². The van der Waals surface area contributed by atoms with Crippen LogP contribution in [0, 0.1) is 0 Å². The Hall–Kier alpha value is -1.60. The fourth-order valence-electron chi connectivity index (χ4n) is 3.43. The largest absolute Gasteiger partial charge is 0.336 e. The van der Waals surface area contributed by atoms with Gasteiger partial charge in [-0.2, -0.15) is 0 Å². The molecule has 5 nitrogen and oxygen atoms in total. The molecule has 0 bridgehead atoms. The molecular weight excluding hydrogens is 419 g/mol. The third-order valence-corrected chi connectivity index (χ3v) is 7.00. The molecular formula is C20H22Cl2N2O3S. The number of sulfone groups is 1. The Balaban J connectivity index is 1.70. The maximum atomic E-state index is 12.8. The second-order valence-corrected chi connectivity index (χ2v) is 9.74. The molecule has 1 unspecified atom stereocenters. The quantitative estimate of drug-likeness (QED) is 0.722. The van der Waals surface area contributed by atoms with Gasteiger partial charge in [0.05, 0.1) is 9.92 Å². The van der Waals surface area contributed by atoms with Crippen molar-refractivity contribution in [3.63, 3.8) is 0 Å². The van der Waals surface area contributed by atoms with Gasteiger partial charge in [-0.1, -0.05) is 41.4 Å². The Labute approximate surface area is 175 Å². The lowest BCUT2D eigenvalue weighted by Crippen LogP contribution is -2.49. The molecule has 28 heavy (non-hydrogen) atoms. The fraction of sp³-hybridized carbons (Fsp3) is 0.350. The summed E-state index contributed by atoms with van der Waals surface area (Å²) in [6.45, 7) is 4.65. The van der Waals surface area contributed by atoms with Crippen molar-refractivity contribution in [1.29, 1.82) is 0 Å². The van der Waals surface area contributed by atoms with Crippen LogP contribution in [0.3, 0.4) is 0 Å². The van der Waals surface area contributed by atoms with Gasteiger partial charge in [0, 0.05) is 49.1 Å². The first-order valence-electron chi connectivity index (χ1n) is 8.96. The van der Waals surface area contributed by atoms with Gasteiger partial charge in [-0.05, 0) is 36.8 Å². The number of nitrogens with zero attached hydrogens (tertiary/aromatic N) is 2. The van der Waals surface area contributed by atoms with Crippen molar-refractivity contribution >= 4 is 38.9 Å². The number of halogens is 2. The van der Waals surface area contributed by atoms with Crippen LogP contribution in [0.15, 0.2) is 47.4 Å². The fourth-order valence-corrected chi connectivity index (χ4v) is 5.02. The summed E-state index contributed by atoms with van der Waals surface area (Å²) in [6, 6.07) is 12.3. The van der Waals surface area contributed by atoms with Crippen LogP contribution >= 0.6 is 23.2 Å². The molecule has 2 aromatic carbocycles. The number of piperazine rings is 1. The maximum Gasteiger partial charge on any atom is 0.253 e.